The molecule has 0 spiro atoms. The van der Waals surface area contributed by atoms with Gasteiger partial charge < -0.3 is 10.1 Å². The van der Waals surface area contributed by atoms with Crippen LogP contribution in [0.3, 0.4) is 0 Å². The van der Waals surface area contributed by atoms with E-state index in [1.165, 1.54) is 11.8 Å². The van der Waals surface area contributed by atoms with E-state index in [9.17, 15) is 4.79 Å². The molecule has 3 aromatic carbocycles. The SMILES string of the molecule is O=C(CSCc1c(Cl)cccc1Cl)Nc1ccc(OCc2ccccc2)cc1. The molecule has 0 saturated heterocycles. The van der Waals surface area contributed by atoms with Crippen molar-refractivity contribution >= 4 is 46.6 Å². The average Bonchev–Trinajstić information content (AvgIpc) is 2.70. The zero-order valence-electron chi connectivity index (χ0n) is 15.0. The molecular formula is C22H19Cl2NO2S. The predicted octanol–water partition coefficient (Wildman–Crippen LogP) is 6.44. The lowest BCUT2D eigenvalue weighted by Gasteiger charge is -2.09. The molecule has 144 valence electrons. The summed E-state index contributed by atoms with van der Waals surface area (Å²) in [7, 11) is 0. The van der Waals surface area contributed by atoms with Crippen LogP contribution in [0.1, 0.15) is 11.1 Å². The summed E-state index contributed by atoms with van der Waals surface area (Å²) in [4.78, 5) is 12.1. The molecule has 0 heterocycles. The highest BCUT2D eigenvalue weighted by Gasteiger charge is 2.08. The van der Waals surface area contributed by atoms with Crippen LogP contribution in [0.25, 0.3) is 0 Å². The number of halogens is 2. The van der Waals surface area contributed by atoms with E-state index in [0.29, 0.717) is 28.2 Å². The minimum atomic E-state index is -0.0777. The third-order valence-corrected chi connectivity index (χ3v) is 5.59. The Kier molecular flexibility index (Phi) is 7.66. The number of anilines is 1. The van der Waals surface area contributed by atoms with Gasteiger partial charge in [0, 0.05) is 21.5 Å². The van der Waals surface area contributed by atoms with Gasteiger partial charge in [0.1, 0.15) is 12.4 Å². The summed E-state index contributed by atoms with van der Waals surface area (Å²) in [5, 5.41) is 4.11. The Morgan fingerprint density at radius 1 is 0.893 bits per heavy atom. The number of nitrogens with one attached hydrogen (secondary N) is 1. The molecule has 0 aliphatic carbocycles. The van der Waals surface area contributed by atoms with Crippen LogP contribution in [0.15, 0.2) is 72.8 Å². The Labute approximate surface area is 179 Å². The standard InChI is InChI=1S/C22H19Cl2NO2S/c23-20-7-4-8-21(24)19(20)14-28-15-22(26)25-17-9-11-18(12-10-17)27-13-16-5-2-1-3-6-16/h1-12H,13-15H2,(H,25,26). The first-order valence-electron chi connectivity index (χ1n) is 8.69. The highest BCUT2D eigenvalue weighted by Crippen LogP contribution is 2.28. The molecule has 1 N–H and O–H groups in total. The van der Waals surface area contributed by atoms with Gasteiger partial charge in [-0.25, -0.2) is 0 Å². The van der Waals surface area contributed by atoms with Gasteiger partial charge in [0.25, 0.3) is 0 Å². The first kappa shape index (κ1) is 20.6. The summed E-state index contributed by atoms with van der Waals surface area (Å²) in [5.74, 6) is 1.57. The lowest BCUT2D eigenvalue weighted by Crippen LogP contribution is -2.14. The predicted molar refractivity (Wildman–Crippen MR) is 118 cm³/mol. The van der Waals surface area contributed by atoms with Crippen molar-refractivity contribution in [2.24, 2.45) is 0 Å². The smallest absolute Gasteiger partial charge is 0.234 e. The van der Waals surface area contributed by atoms with Crippen LogP contribution in [0.4, 0.5) is 5.69 Å². The summed E-state index contributed by atoms with van der Waals surface area (Å²) in [6.45, 7) is 0.508. The molecule has 0 saturated carbocycles. The number of ether oxygens (including phenoxy) is 1. The Morgan fingerprint density at radius 3 is 2.25 bits per heavy atom. The van der Waals surface area contributed by atoms with Crippen molar-refractivity contribution < 1.29 is 9.53 Å². The van der Waals surface area contributed by atoms with Crippen molar-refractivity contribution in [2.75, 3.05) is 11.1 Å². The summed E-state index contributed by atoms with van der Waals surface area (Å²) in [5.41, 5.74) is 2.69. The minimum Gasteiger partial charge on any atom is -0.489 e. The van der Waals surface area contributed by atoms with Gasteiger partial charge in [-0.3, -0.25) is 4.79 Å². The molecule has 0 radical (unpaired) electrons. The summed E-state index contributed by atoms with van der Waals surface area (Å²) in [6, 6.07) is 22.7. The topological polar surface area (TPSA) is 38.3 Å². The number of thioether (sulfide) groups is 1. The molecular weight excluding hydrogens is 413 g/mol. The second-order valence-electron chi connectivity index (χ2n) is 6.04. The van der Waals surface area contributed by atoms with E-state index in [2.05, 4.69) is 5.32 Å². The maximum atomic E-state index is 12.1. The zero-order chi connectivity index (χ0) is 19.8. The number of carbonyl (C=O) groups excluding carboxylic acids is 1. The van der Waals surface area contributed by atoms with Crippen LogP contribution >= 0.6 is 35.0 Å². The van der Waals surface area contributed by atoms with Crippen molar-refractivity contribution in [3.63, 3.8) is 0 Å². The van der Waals surface area contributed by atoms with Crippen molar-refractivity contribution in [2.45, 2.75) is 12.4 Å². The maximum absolute atomic E-state index is 12.1. The Bertz CT molecular complexity index is 897. The molecule has 6 heteroatoms. The number of carbonyl (C=O) groups is 1. The fourth-order valence-corrected chi connectivity index (χ4v) is 4.05. The van der Waals surface area contributed by atoms with E-state index < -0.39 is 0 Å². The maximum Gasteiger partial charge on any atom is 0.234 e. The summed E-state index contributed by atoms with van der Waals surface area (Å²) >= 11 is 13.8. The van der Waals surface area contributed by atoms with E-state index in [-0.39, 0.29) is 5.91 Å². The number of hydrogen-bond donors (Lipinski definition) is 1. The van der Waals surface area contributed by atoms with Gasteiger partial charge in [0.15, 0.2) is 0 Å². The van der Waals surface area contributed by atoms with Gasteiger partial charge >= 0.3 is 0 Å². The lowest BCUT2D eigenvalue weighted by atomic mass is 10.2. The summed E-state index contributed by atoms with van der Waals surface area (Å²) < 4.78 is 5.75. The van der Waals surface area contributed by atoms with E-state index in [1.54, 1.807) is 18.2 Å². The van der Waals surface area contributed by atoms with E-state index in [4.69, 9.17) is 27.9 Å². The monoisotopic (exact) mass is 431 g/mol. The van der Waals surface area contributed by atoms with Crippen molar-refractivity contribution in [3.05, 3.63) is 94.0 Å². The zero-order valence-corrected chi connectivity index (χ0v) is 17.4. The molecule has 1 amide bonds. The molecule has 0 aliphatic rings. The molecule has 0 unspecified atom stereocenters. The molecule has 0 aromatic heterocycles. The Hall–Kier alpha value is -2.14. The third kappa shape index (κ3) is 6.20. The molecule has 0 atom stereocenters. The quantitative estimate of drug-likeness (QED) is 0.445. The Morgan fingerprint density at radius 2 is 1.57 bits per heavy atom. The van der Waals surface area contributed by atoms with Crippen molar-refractivity contribution in [1.29, 1.82) is 0 Å². The molecule has 0 aliphatic heterocycles. The van der Waals surface area contributed by atoms with Crippen LogP contribution < -0.4 is 10.1 Å². The van der Waals surface area contributed by atoms with Crippen LogP contribution in [-0.2, 0) is 17.2 Å². The van der Waals surface area contributed by atoms with Crippen molar-refractivity contribution in [3.8, 4) is 5.75 Å². The van der Waals surface area contributed by atoms with E-state index in [0.717, 1.165) is 22.6 Å². The van der Waals surface area contributed by atoms with Gasteiger partial charge in [0.05, 0.1) is 5.75 Å². The highest BCUT2D eigenvalue weighted by molar-refractivity contribution is 7.99. The van der Waals surface area contributed by atoms with Crippen LogP contribution in [0.5, 0.6) is 5.75 Å². The van der Waals surface area contributed by atoms with Gasteiger partial charge in [-0.1, -0.05) is 59.6 Å². The molecule has 3 nitrogen and oxygen atoms in total. The number of hydrogen-bond acceptors (Lipinski definition) is 3. The minimum absolute atomic E-state index is 0.0777. The van der Waals surface area contributed by atoms with Gasteiger partial charge in [-0.15, -0.1) is 11.8 Å². The fraction of sp³-hybridized carbons (Fsp3) is 0.136. The van der Waals surface area contributed by atoms with Gasteiger partial charge in [0.2, 0.25) is 5.91 Å². The Balaban J connectivity index is 1.44. The highest BCUT2D eigenvalue weighted by atomic mass is 35.5. The first-order valence-corrected chi connectivity index (χ1v) is 10.6. The van der Waals surface area contributed by atoms with Crippen molar-refractivity contribution in [1.82, 2.24) is 0 Å². The van der Waals surface area contributed by atoms with Gasteiger partial charge in [-0.2, -0.15) is 0 Å². The van der Waals surface area contributed by atoms with E-state index in [1.807, 2.05) is 54.6 Å². The second kappa shape index (κ2) is 10.4. The largest absolute Gasteiger partial charge is 0.489 e. The molecule has 0 bridgehead atoms. The number of amides is 1. The van der Waals surface area contributed by atoms with Crippen LogP contribution in [0, 0.1) is 0 Å². The fourth-order valence-electron chi connectivity index (χ4n) is 2.49. The van der Waals surface area contributed by atoms with E-state index >= 15 is 0 Å². The summed E-state index contributed by atoms with van der Waals surface area (Å²) in [6.07, 6.45) is 0. The second-order valence-corrected chi connectivity index (χ2v) is 7.84. The molecule has 3 aromatic rings. The normalized spacial score (nSPS) is 10.5. The molecule has 0 fully saturated rings. The molecule has 3 rings (SSSR count). The lowest BCUT2D eigenvalue weighted by molar-refractivity contribution is -0.113. The number of rotatable bonds is 8. The van der Waals surface area contributed by atoms with Crippen LogP contribution in [0.2, 0.25) is 10.0 Å². The number of benzene rings is 3. The average molecular weight is 432 g/mol. The first-order chi connectivity index (χ1) is 13.6. The third-order valence-electron chi connectivity index (χ3n) is 3.93. The molecule has 28 heavy (non-hydrogen) atoms. The van der Waals surface area contributed by atoms with Gasteiger partial charge in [-0.05, 0) is 47.5 Å². The van der Waals surface area contributed by atoms with Crippen LogP contribution in [-0.4, -0.2) is 11.7 Å².